The van der Waals surface area contributed by atoms with Gasteiger partial charge in [-0.15, -0.1) is 0 Å². The van der Waals surface area contributed by atoms with Crippen LogP contribution in [0.5, 0.6) is 0 Å². The van der Waals surface area contributed by atoms with Crippen LogP contribution in [-0.4, -0.2) is 45.0 Å². The maximum Gasteiger partial charge on any atom is 0.0845 e. The Balaban J connectivity index is -0.0000000617. The van der Waals surface area contributed by atoms with Gasteiger partial charge in [0.15, 0.2) is 0 Å². The van der Waals surface area contributed by atoms with Crippen LogP contribution >= 0.6 is 11.8 Å². The lowest BCUT2D eigenvalue weighted by Gasteiger charge is -1.86. The normalized spacial score (nSPS) is 12.7. The Bertz CT molecular complexity index is 577. The molecule has 47 heavy (non-hydrogen) atoms. The van der Waals surface area contributed by atoms with E-state index in [1.165, 1.54) is 5.75 Å². The van der Waals surface area contributed by atoms with Crippen molar-refractivity contribution < 1.29 is 14.2 Å². The van der Waals surface area contributed by atoms with Crippen molar-refractivity contribution in [2.45, 2.75) is 129 Å². The standard InChI is InChI=1S/3C7H12.C6H10.C5H10O.C3H6O.C3H8O.C3H8S.C2H6/c3*1-3-5-7-6-4-2;2*1-3-5-6-4-2;1-3-2-4-3;2*1-3-4-2;1-2/h3*3-6H,7H2,1-2H3;3-6H,1-2H3;3,5H,4H2,1-2H3;3H,2H2,1H3;2*3H2,1-2H3;1-2H3. The van der Waals surface area contributed by atoms with E-state index >= 15 is 0 Å². The molecule has 0 spiro atoms. The second kappa shape index (κ2) is 90.3. The first-order chi connectivity index (χ1) is 22.8. The molecule has 0 aromatic rings. The highest BCUT2D eigenvalue weighted by molar-refractivity contribution is 7.98. The molecule has 1 aliphatic heterocycles. The molecule has 1 unspecified atom stereocenters. The van der Waals surface area contributed by atoms with E-state index in [2.05, 4.69) is 97.8 Å². The Hall–Kier alpha value is -2.27. The van der Waals surface area contributed by atoms with E-state index in [1.807, 2.05) is 132 Å². The van der Waals surface area contributed by atoms with Crippen LogP contribution in [0.3, 0.4) is 0 Å². The summed E-state index contributed by atoms with van der Waals surface area (Å²) in [5.74, 6) is 1.24. The van der Waals surface area contributed by atoms with Crippen LogP contribution in [0.15, 0.2) is 110 Å². The summed E-state index contributed by atoms with van der Waals surface area (Å²) in [7, 11) is 1.68. The first-order valence-corrected chi connectivity index (χ1v) is 18.9. The van der Waals surface area contributed by atoms with Gasteiger partial charge in [0.05, 0.1) is 25.6 Å². The minimum Gasteiger partial charge on any atom is -0.502 e. The molecule has 1 atom stereocenters. The van der Waals surface area contributed by atoms with Gasteiger partial charge in [0.1, 0.15) is 0 Å². The van der Waals surface area contributed by atoms with Gasteiger partial charge in [-0.05, 0) is 114 Å². The molecule has 1 heterocycles. The van der Waals surface area contributed by atoms with Crippen molar-refractivity contribution >= 4 is 11.8 Å². The number of rotatable bonds is 11. The second-order valence-electron chi connectivity index (χ2n) is 8.40. The van der Waals surface area contributed by atoms with Crippen molar-refractivity contribution in [2.75, 3.05) is 38.9 Å². The van der Waals surface area contributed by atoms with Crippen molar-refractivity contribution in [2.24, 2.45) is 0 Å². The van der Waals surface area contributed by atoms with E-state index in [0.717, 1.165) is 39.1 Å². The second-order valence-corrected chi connectivity index (χ2v) is 9.55. The molecule has 280 valence electrons. The van der Waals surface area contributed by atoms with E-state index in [1.54, 1.807) is 13.4 Å². The zero-order chi connectivity index (χ0) is 38.1. The van der Waals surface area contributed by atoms with Crippen LogP contribution in [0.2, 0.25) is 0 Å². The highest BCUT2D eigenvalue weighted by Crippen LogP contribution is 2.04. The number of hydrogen-bond acceptors (Lipinski definition) is 4. The maximum absolute atomic E-state index is 4.80. The van der Waals surface area contributed by atoms with Gasteiger partial charge >= 0.3 is 0 Å². The van der Waals surface area contributed by atoms with E-state index in [0.29, 0.717) is 6.10 Å². The quantitative estimate of drug-likeness (QED) is 0.0940. The van der Waals surface area contributed by atoms with Crippen LogP contribution in [-0.2, 0) is 14.2 Å². The summed E-state index contributed by atoms with van der Waals surface area (Å²) >= 11 is 1.86. The predicted molar refractivity (Wildman–Crippen MR) is 227 cm³/mol. The van der Waals surface area contributed by atoms with Crippen molar-refractivity contribution in [3.63, 3.8) is 0 Å². The highest BCUT2D eigenvalue weighted by atomic mass is 32.2. The van der Waals surface area contributed by atoms with Gasteiger partial charge in [0, 0.05) is 13.7 Å². The average Bonchev–Trinajstić information content (AvgIpc) is 3.91. The molecule has 1 rings (SSSR count). The minimum absolute atomic E-state index is 0.583. The monoisotopic (exact) mass is 681 g/mol. The van der Waals surface area contributed by atoms with Crippen molar-refractivity contribution in [1.82, 2.24) is 0 Å². The van der Waals surface area contributed by atoms with Crippen LogP contribution in [0, 0.1) is 0 Å². The maximum atomic E-state index is 4.80. The number of thioether (sulfide) groups is 1. The summed E-state index contributed by atoms with van der Waals surface area (Å²) in [5.41, 5.74) is 0. The van der Waals surface area contributed by atoms with Gasteiger partial charge in [-0.25, -0.2) is 0 Å². The van der Waals surface area contributed by atoms with Gasteiger partial charge in [-0.2, -0.15) is 11.8 Å². The van der Waals surface area contributed by atoms with Crippen molar-refractivity contribution in [1.29, 1.82) is 0 Å². The third-order valence-corrected chi connectivity index (χ3v) is 4.78. The lowest BCUT2D eigenvalue weighted by atomic mass is 10.3. The number of allylic oxidation sites excluding steroid dienone is 17. The summed E-state index contributed by atoms with van der Waals surface area (Å²) in [6.07, 6.45) is 42.5. The fraction of sp³-hybridized carbons (Fsp3) is 0.581. The van der Waals surface area contributed by atoms with E-state index in [9.17, 15) is 0 Å². The third kappa shape index (κ3) is 177. The molecule has 3 nitrogen and oxygen atoms in total. The molecule has 1 fully saturated rings. The summed E-state index contributed by atoms with van der Waals surface area (Å²) < 4.78 is 14.1. The molecule has 0 bridgehead atoms. The van der Waals surface area contributed by atoms with Gasteiger partial charge in [0.25, 0.3) is 0 Å². The van der Waals surface area contributed by atoms with Gasteiger partial charge in [0.2, 0.25) is 0 Å². The lowest BCUT2D eigenvalue weighted by molar-refractivity contribution is 0.215. The molecule has 0 amide bonds. The largest absolute Gasteiger partial charge is 0.502 e. The summed E-state index contributed by atoms with van der Waals surface area (Å²) in [4.78, 5) is 0. The minimum atomic E-state index is 0.583. The van der Waals surface area contributed by atoms with Crippen molar-refractivity contribution in [3.8, 4) is 0 Å². The molecule has 0 radical (unpaired) electrons. The zero-order valence-corrected chi connectivity index (χ0v) is 35.4. The van der Waals surface area contributed by atoms with Crippen molar-refractivity contribution in [3.05, 3.63) is 110 Å². The molecular formula is C43H84O3S. The Kier molecular flexibility index (Phi) is 122. The fourth-order valence-electron chi connectivity index (χ4n) is 1.56. The van der Waals surface area contributed by atoms with Gasteiger partial charge < -0.3 is 14.2 Å². The molecule has 0 aliphatic carbocycles. The van der Waals surface area contributed by atoms with Gasteiger partial charge in [-0.1, -0.05) is 124 Å². The first kappa shape index (κ1) is 63.4. The summed E-state index contributed by atoms with van der Waals surface area (Å²) in [5, 5.41) is 0. The van der Waals surface area contributed by atoms with E-state index in [4.69, 9.17) is 9.47 Å². The Morgan fingerprint density at radius 3 is 0.915 bits per heavy atom. The molecular weight excluding hydrogens is 597 g/mol. The Morgan fingerprint density at radius 2 is 0.830 bits per heavy atom. The fourth-order valence-corrected chi connectivity index (χ4v) is 1.56. The summed E-state index contributed by atoms with van der Waals surface area (Å²) in [6.45, 7) is 32.8. The Morgan fingerprint density at radius 1 is 0.574 bits per heavy atom. The average molecular weight is 681 g/mol. The van der Waals surface area contributed by atoms with Crippen LogP contribution in [0.4, 0.5) is 0 Å². The first-order valence-electron chi connectivity index (χ1n) is 17.5. The van der Waals surface area contributed by atoms with Crippen LogP contribution < -0.4 is 0 Å². The highest BCUT2D eigenvalue weighted by Gasteiger charge is 2.13. The van der Waals surface area contributed by atoms with Crippen LogP contribution in [0.25, 0.3) is 0 Å². The zero-order valence-electron chi connectivity index (χ0n) is 34.6. The third-order valence-electron chi connectivity index (χ3n) is 4.20. The number of methoxy groups -OCH3 is 1. The molecule has 0 aromatic carbocycles. The van der Waals surface area contributed by atoms with E-state index < -0.39 is 0 Å². The molecule has 4 heteroatoms. The van der Waals surface area contributed by atoms with Crippen LogP contribution in [0.1, 0.15) is 123 Å². The predicted octanol–water partition coefficient (Wildman–Crippen LogP) is 14.7. The van der Waals surface area contributed by atoms with Gasteiger partial charge in [-0.3, -0.25) is 0 Å². The number of epoxide rings is 1. The lowest BCUT2D eigenvalue weighted by Crippen LogP contribution is -1.73. The SMILES string of the molecule is CC.CC1CO1.CC=CC=CC.CC=CCC=CC.CC=CCC=CC.CC=CCC=CC.CC=COCC.CCOC.CCSC. The number of ether oxygens (including phenoxy) is 3. The smallest absolute Gasteiger partial charge is 0.0845 e. The summed E-state index contributed by atoms with van der Waals surface area (Å²) in [6, 6.07) is 0. The van der Waals surface area contributed by atoms with E-state index in [-0.39, 0.29) is 0 Å². The molecule has 0 N–H and O–H groups in total. The molecule has 1 aliphatic rings. The molecule has 0 saturated carbocycles. The topological polar surface area (TPSA) is 31.0 Å². The molecule has 1 saturated heterocycles. The Labute approximate surface area is 302 Å². The number of hydrogen-bond donors (Lipinski definition) is 0. The molecule has 0 aromatic heterocycles.